The standard InChI is InChI=1S/C13H17N3O/c1-3-13-15-6-7-16(13)12-8-11(17-2)5-4-10(12)9-14/h4-8H,3,9,14H2,1-2H3. The highest BCUT2D eigenvalue weighted by Crippen LogP contribution is 2.22. The third kappa shape index (κ3) is 2.17. The Balaban J connectivity index is 2.56. The van der Waals surface area contributed by atoms with Crippen molar-refractivity contribution in [2.45, 2.75) is 19.9 Å². The topological polar surface area (TPSA) is 53.1 Å². The van der Waals surface area contributed by atoms with Gasteiger partial charge in [0, 0.05) is 31.4 Å². The molecule has 17 heavy (non-hydrogen) atoms. The molecule has 0 fully saturated rings. The predicted molar refractivity (Wildman–Crippen MR) is 67.4 cm³/mol. The first-order chi connectivity index (χ1) is 8.30. The number of hydrogen-bond donors (Lipinski definition) is 1. The molecule has 0 unspecified atom stereocenters. The minimum absolute atomic E-state index is 0.501. The van der Waals surface area contributed by atoms with Crippen LogP contribution in [0.5, 0.6) is 5.75 Å². The Labute approximate surface area is 101 Å². The maximum atomic E-state index is 5.77. The molecule has 2 N–H and O–H groups in total. The molecule has 0 aliphatic rings. The van der Waals surface area contributed by atoms with Gasteiger partial charge in [-0.25, -0.2) is 4.98 Å². The Morgan fingerprint density at radius 1 is 1.41 bits per heavy atom. The maximum Gasteiger partial charge on any atom is 0.120 e. The van der Waals surface area contributed by atoms with Crippen molar-refractivity contribution >= 4 is 0 Å². The Bertz CT molecular complexity index is 505. The first kappa shape index (κ1) is 11.7. The monoisotopic (exact) mass is 231 g/mol. The quantitative estimate of drug-likeness (QED) is 0.874. The highest BCUT2D eigenvalue weighted by Gasteiger charge is 2.08. The van der Waals surface area contributed by atoms with Gasteiger partial charge in [0.1, 0.15) is 11.6 Å². The van der Waals surface area contributed by atoms with E-state index in [4.69, 9.17) is 10.5 Å². The second kappa shape index (κ2) is 5.01. The molecule has 1 aromatic heterocycles. The van der Waals surface area contributed by atoms with Gasteiger partial charge in [-0.05, 0) is 11.6 Å². The van der Waals surface area contributed by atoms with Crippen LogP contribution in [0.25, 0.3) is 5.69 Å². The molecule has 0 radical (unpaired) electrons. The molecular formula is C13H17N3O. The normalized spacial score (nSPS) is 10.5. The number of aromatic nitrogens is 2. The second-order valence-electron chi connectivity index (χ2n) is 3.77. The summed E-state index contributed by atoms with van der Waals surface area (Å²) in [6.45, 7) is 2.59. The van der Waals surface area contributed by atoms with Gasteiger partial charge < -0.3 is 15.0 Å². The van der Waals surface area contributed by atoms with Crippen molar-refractivity contribution in [2.75, 3.05) is 7.11 Å². The van der Waals surface area contributed by atoms with Crippen molar-refractivity contribution in [3.05, 3.63) is 42.0 Å². The van der Waals surface area contributed by atoms with E-state index in [0.717, 1.165) is 29.2 Å². The Kier molecular flexibility index (Phi) is 3.44. The summed E-state index contributed by atoms with van der Waals surface area (Å²) in [4.78, 5) is 4.32. The van der Waals surface area contributed by atoms with Crippen molar-refractivity contribution in [3.63, 3.8) is 0 Å². The van der Waals surface area contributed by atoms with E-state index in [1.807, 2.05) is 24.4 Å². The lowest BCUT2D eigenvalue weighted by atomic mass is 10.1. The van der Waals surface area contributed by atoms with E-state index < -0.39 is 0 Å². The molecule has 2 aromatic rings. The number of aryl methyl sites for hydroxylation is 1. The predicted octanol–water partition coefficient (Wildman–Crippen LogP) is 1.90. The molecule has 0 atom stereocenters. The lowest BCUT2D eigenvalue weighted by Crippen LogP contribution is -2.06. The van der Waals surface area contributed by atoms with E-state index in [1.54, 1.807) is 13.3 Å². The number of nitrogens with zero attached hydrogens (tertiary/aromatic N) is 2. The number of nitrogens with two attached hydrogens (primary N) is 1. The summed E-state index contributed by atoms with van der Waals surface area (Å²) in [6, 6.07) is 5.91. The van der Waals surface area contributed by atoms with Crippen LogP contribution in [0.15, 0.2) is 30.6 Å². The van der Waals surface area contributed by atoms with E-state index in [9.17, 15) is 0 Å². The summed E-state index contributed by atoms with van der Waals surface area (Å²) in [5, 5.41) is 0. The summed E-state index contributed by atoms with van der Waals surface area (Å²) < 4.78 is 7.31. The molecule has 0 spiro atoms. The number of imidazole rings is 1. The number of methoxy groups -OCH3 is 1. The molecule has 1 heterocycles. The smallest absolute Gasteiger partial charge is 0.120 e. The summed E-state index contributed by atoms with van der Waals surface area (Å²) in [5.74, 6) is 1.85. The number of ether oxygens (including phenoxy) is 1. The first-order valence-electron chi connectivity index (χ1n) is 5.69. The Hall–Kier alpha value is -1.81. The van der Waals surface area contributed by atoms with Gasteiger partial charge >= 0.3 is 0 Å². The fourth-order valence-corrected chi connectivity index (χ4v) is 1.88. The fraction of sp³-hybridized carbons (Fsp3) is 0.308. The van der Waals surface area contributed by atoms with Gasteiger partial charge in [0.2, 0.25) is 0 Å². The van der Waals surface area contributed by atoms with Gasteiger partial charge in [0.25, 0.3) is 0 Å². The molecule has 0 aliphatic carbocycles. The summed E-state index contributed by atoms with van der Waals surface area (Å²) in [7, 11) is 1.66. The summed E-state index contributed by atoms with van der Waals surface area (Å²) >= 11 is 0. The first-order valence-corrected chi connectivity index (χ1v) is 5.69. The SMILES string of the molecule is CCc1nccn1-c1cc(OC)ccc1CN. The van der Waals surface area contributed by atoms with Crippen LogP contribution in [0, 0.1) is 0 Å². The van der Waals surface area contributed by atoms with Crippen LogP contribution in [-0.4, -0.2) is 16.7 Å². The maximum absolute atomic E-state index is 5.77. The molecule has 2 rings (SSSR count). The number of hydrogen-bond acceptors (Lipinski definition) is 3. The van der Waals surface area contributed by atoms with Gasteiger partial charge in [-0.15, -0.1) is 0 Å². The van der Waals surface area contributed by atoms with Gasteiger partial charge in [0.05, 0.1) is 12.8 Å². The van der Waals surface area contributed by atoms with E-state index in [-0.39, 0.29) is 0 Å². The average Bonchev–Trinajstić information content (AvgIpc) is 2.86. The summed E-state index contributed by atoms with van der Waals surface area (Å²) in [6.07, 6.45) is 4.64. The molecule has 0 amide bonds. The molecule has 0 saturated carbocycles. The van der Waals surface area contributed by atoms with Crippen molar-refractivity contribution in [1.29, 1.82) is 0 Å². The van der Waals surface area contributed by atoms with Crippen molar-refractivity contribution in [1.82, 2.24) is 9.55 Å². The van der Waals surface area contributed by atoms with Crippen LogP contribution in [0.4, 0.5) is 0 Å². The van der Waals surface area contributed by atoms with Crippen molar-refractivity contribution < 1.29 is 4.74 Å². The minimum Gasteiger partial charge on any atom is -0.497 e. The van der Waals surface area contributed by atoms with Gasteiger partial charge in [-0.1, -0.05) is 13.0 Å². The molecule has 4 heteroatoms. The molecule has 4 nitrogen and oxygen atoms in total. The minimum atomic E-state index is 0.501. The largest absolute Gasteiger partial charge is 0.497 e. The van der Waals surface area contributed by atoms with Gasteiger partial charge in [-0.3, -0.25) is 0 Å². The van der Waals surface area contributed by atoms with Crippen LogP contribution in [0.1, 0.15) is 18.3 Å². The zero-order valence-corrected chi connectivity index (χ0v) is 10.2. The van der Waals surface area contributed by atoms with E-state index >= 15 is 0 Å². The molecule has 0 aliphatic heterocycles. The van der Waals surface area contributed by atoms with Crippen molar-refractivity contribution in [3.8, 4) is 11.4 Å². The number of rotatable bonds is 4. The van der Waals surface area contributed by atoms with E-state index in [2.05, 4.69) is 16.5 Å². The third-order valence-corrected chi connectivity index (χ3v) is 2.81. The number of benzene rings is 1. The van der Waals surface area contributed by atoms with Crippen LogP contribution in [-0.2, 0) is 13.0 Å². The Morgan fingerprint density at radius 3 is 2.88 bits per heavy atom. The van der Waals surface area contributed by atoms with Crippen LogP contribution in [0.3, 0.4) is 0 Å². The molecule has 90 valence electrons. The molecule has 0 saturated heterocycles. The van der Waals surface area contributed by atoms with E-state index in [1.165, 1.54) is 0 Å². The van der Waals surface area contributed by atoms with Gasteiger partial charge in [0.15, 0.2) is 0 Å². The highest BCUT2D eigenvalue weighted by atomic mass is 16.5. The zero-order valence-electron chi connectivity index (χ0n) is 10.2. The summed E-state index contributed by atoms with van der Waals surface area (Å²) in [5.41, 5.74) is 7.89. The van der Waals surface area contributed by atoms with Gasteiger partial charge in [-0.2, -0.15) is 0 Å². The molecular weight excluding hydrogens is 214 g/mol. The van der Waals surface area contributed by atoms with Crippen molar-refractivity contribution in [2.24, 2.45) is 5.73 Å². The lowest BCUT2D eigenvalue weighted by Gasteiger charge is -2.13. The van der Waals surface area contributed by atoms with Crippen LogP contribution >= 0.6 is 0 Å². The van der Waals surface area contributed by atoms with E-state index in [0.29, 0.717) is 6.54 Å². The fourth-order valence-electron chi connectivity index (χ4n) is 1.88. The zero-order chi connectivity index (χ0) is 12.3. The average molecular weight is 231 g/mol. The molecule has 0 bridgehead atoms. The lowest BCUT2D eigenvalue weighted by molar-refractivity contribution is 0.414. The van der Waals surface area contributed by atoms with Crippen LogP contribution in [0.2, 0.25) is 0 Å². The highest BCUT2D eigenvalue weighted by molar-refractivity contribution is 5.47. The third-order valence-electron chi connectivity index (χ3n) is 2.81. The second-order valence-corrected chi connectivity index (χ2v) is 3.77. The Morgan fingerprint density at radius 2 is 2.24 bits per heavy atom. The molecule has 1 aromatic carbocycles. The van der Waals surface area contributed by atoms with Crippen LogP contribution < -0.4 is 10.5 Å².